The maximum Gasteiger partial charge on any atom is 0.276 e. The Morgan fingerprint density at radius 3 is 2.65 bits per heavy atom. The van der Waals surface area contributed by atoms with Gasteiger partial charge in [0.15, 0.2) is 11.5 Å². The van der Waals surface area contributed by atoms with E-state index in [4.69, 9.17) is 13.7 Å². The van der Waals surface area contributed by atoms with Crippen molar-refractivity contribution in [2.45, 2.75) is 18.9 Å². The highest BCUT2D eigenvalue weighted by Crippen LogP contribution is 2.27. The molecule has 10 nitrogen and oxygen atoms in total. The van der Waals surface area contributed by atoms with Crippen molar-refractivity contribution in [3.05, 3.63) is 90.6 Å². The van der Waals surface area contributed by atoms with Gasteiger partial charge < -0.3 is 23.9 Å². The fourth-order valence-corrected chi connectivity index (χ4v) is 4.79. The first-order valence-corrected chi connectivity index (χ1v) is 13.0. The van der Waals surface area contributed by atoms with Crippen LogP contribution in [0.15, 0.2) is 88.1 Å². The minimum absolute atomic E-state index is 0.118. The van der Waals surface area contributed by atoms with Gasteiger partial charge in [0.25, 0.3) is 5.91 Å². The lowest BCUT2D eigenvalue weighted by Gasteiger charge is -2.31. The number of anilines is 1. The summed E-state index contributed by atoms with van der Waals surface area (Å²) in [5.41, 5.74) is 2.48. The number of hydrogen-bond acceptors (Lipinski definition) is 7. The van der Waals surface area contributed by atoms with Crippen LogP contribution in [0.1, 0.15) is 35.1 Å². The largest absolute Gasteiger partial charge is 0.497 e. The smallest absolute Gasteiger partial charge is 0.276 e. The quantitative estimate of drug-likeness (QED) is 0.276. The van der Waals surface area contributed by atoms with Gasteiger partial charge in [-0.2, -0.15) is 5.10 Å². The van der Waals surface area contributed by atoms with Crippen LogP contribution in [0.2, 0.25) is 0 Å². The number of methoxy groups -OCH3 is 1. The zero-order valence-electron chi connectivity index (χ0n) is 21.8. The first kappa shape index (κ1) is 25.2. The third-order valence-corrected chi connectivity index (χ3v) is 6.94. The van der Waals surface area contributed by atoms with Crippen LogP contribution in [0.4, 0.5) is 5.69 Å². The lowest BCUT2D eigenvalue weighted by Crippen LogP contribution is -2.39. The van der Waals surface area contributed by atoms with Crippen molar-refractivity contribution in [2.24, 2.45) is 0 Å². The number of likely N-dealkylation sites (tertiary alicyclic amines) is 1. The summed E-state index contributed by atoms with van der Waals surface area (Å²) in [5.74, 6) is 1.44. The fraction of sp³-hybridized carbons (Fsp3) is 0.200. The molecule has 1 aliphatic rings. The highest BCUT2D eigenvalue weighted by molar-refractivity contribution is 6.01. The molecule has 0 atom stereocenters. The lowest BCUT2D eigenvalue weighted by molar-refractivity contribution is -0.111. The van der Waals surface area contributed by atoms with Crippen molar-refractivity contribution in [1.29, 1.82) is 0 Å². The Balaban J connectivity index is 1.01. The maximum atomic E-state index is 13.0. The van der Waals surface area contributed by atoms with Crippen molar-refractivity contribution in [1.82, 2.24) is 19.8 Å². The number of nitrogens with one attached hydrogen (secondary N) is 1. The van der Waals surface area contributed by atoms with Crippen LogP contribution in [0.25, 0.3) is 28.4 Å². The minimum Gasteiger partial charge on any atom is -0.497 e. The van der Waals surface area contributed by atoms with E-state index >= 15 is 0 Å². The molecule has 1 fully saturated rings. The highest BCUT2D eigenvalue weighted by Gasteiger charge is 2.27. The predicted molar refractivity (Wildman–Crippen MR) is 149 cm³/mol. The summed E-state index contributed by atoms with van der Waals surface area (Å²) in [6, 6.07) is 18.7. The molecule has 6 rings (SSSR count). The van der Waals surface area contributed by atoms with Gasteiger partial charge in [0.05, 0.1) is 25.0 Å². The molecule has 0 aliphatic carbocycles. The van der Waals surface area contributed by atoms with Gasteiger partial charge in [-0.05, 0) is 55.3 Å². The number of carbonyl (C=O) groups excluding carboxylic acids is 2. The van der Waals surface area contributed by atoms with Crippen LogP contribution in [-0.4, -0.2) is 51.9 Å². The SMILES string of the molecule is COc1ccc(-c2cc(C(=O)N3CCC(n4cc(NC(=O)/C=C/c5cc6ccccc6o5)cn4)CC3)no2)cc1. The Kier molecular flexibility index (Phi) is 6.88. The molecule has 0 spiro atoms. The van der Waals surface area contributed by atoms with E-state index < -0.39 is 0 Å². The zero-order chi connectivity index (χ0) is 27.5. The molecular formula is C30H27N5O5. The number of nitrogens with zero attached hydrogens (tertiary/aromatic N) is 4. The molecule has 1 aliphatic heterocycles. The fourth-order valence-electron chi connectivity index (χ4n) is 4.79. The Hall–Kier alpha value is -5.12. The Morgan fingerprint density at radius 1 is 1.07 bits per heavy atom. The van der Waals surface area contributed by atoms with Crippen molar-refractivity contribution < 1.29 is 23.3 Å². The molecule has 40 heavy (non-hydrogen) atoms. The van der Waals surface area contributed by atoms with Crippen molar-refractivity contribution in [3.63, 3.8) is 0 Å². The van der Waals surface area contributed by atoms with Gasteiger partial charge >= 0.3 is 0 Å². The third-order valence-electron chi connectivity index (χ3n) is 6.94. The molecule has 1 N–H and O–H groups in total. The minimum atomic E-state index is -0.276. The number of aromatic nitrogens is 3. The van der Waals surface area contributed by atoms with Crippen LogP contribution in [0, 0.1) is 0 Å². The van der Waals surface area contributed by atoms with Gasteiger partial charge in [-0.1, -0.05) is 23.4 Å². The van der Waals surface area contributed by atoms with Gasteiger partial charge in [-0.3, -0.25) is 14.3 Å². The molecule has 202 valence electrons. The monoisotopic (exact) mass is 537 g/mol. The number of para-hydroxylation sites is 1. The Morgan fingerprint density at radius 2 is 1.88 bits per heavy atom. The second kappa shape index (κ2) is 10.9. The van der Waals surface area contributed by atoms with E-state index in [1.54, 1.807) is 30.3 Å². The standard InChI is InChI=1S/C30H27N5O5/c1-38-24-8-6-20(7-9-24)28-17-26(33-40-28)30(37)34-14-12-23(13-15-34)35-19-22(18-31-35)32-29(36)11-10-25-16-21-4-2-3-5-27(21)39-25/h2-11,16-19,23H,12-15H2,1H3,(H,32,36)/b11-10+. The molecule has 0 radical (unpaired) electrons. The zero-order valence-corrected chi connectivity index (χ0v) is 21.8. The van der Waals surface area contributed by atoms with Gasteiger partial charge in [0.2, 0.25) is 5.91 Å². The number of fused-ring (bicyclic) bond motifs is 1. The van der Waals surface area contributed by atoms with Crippen LogP contribution in [0.5, 0.6) is 5.75 Å². The molecule has 1 saturated heterocycles. The van der Waals surface area contributed by atoms with Gasteiger partial charge in [-0.15, -0.1) is 0 Å². The second-order valence-corrected chi connectivity index (χ2v) is 9.55. The van der Waals surface area contributed by atoms with Crippen LogP contribution >= 0.6 is 0 Å². The highest BCUT2D eigenvalue weighted by atomic mass is 16.5. The Bertz CT molecular complexity index is 1640. The van der Waals surface area contributed by atoms with Gasteiger partial charge in [0.1, 0.15) is 17.1 Å². The van der Waals surface area contributed by atoms with E-state index in [0.717, 1.165) is 35.1 Å². The summed E-state index contributed by atoms with van der Waals surface area (Å²) in [6.07, 6.45) is 7.98. The molecule has 5 aromatic rings. The van der Waals surface area contributed by atoms with Crippen LogP contribution < -0.4 is 10.1 Å². The van der Waals surface area contributed by atoms with Crippen LogP contribution in [-0.2, 0) is 4.79 Å². The molecular weight excluding hydrogens is 510 g/mol. The van der Waals surface area contributed by atoms with Crippen molar-refractivity contribution in [2.75, 3.05) is 25.5 Å². The summed E-state index contributed by atoms with van der Waals surface area (Å²) in [4.78, 5) is 27.2. The number of furan rings is 1. The number of rotatable bonds is 7. The van der Waals surface area contributed by atoms with E-state index in [0.29, 0.717) is 30.3 Å². The van der Waals surface area contributed by atoms with E-state index in [1.165, 1.54) is 6.08 Å². The summed E-state index contributed by atoms with van der Waals surface area (Å²) in [7, 11) is 1.61. The number of piperidine rings is 1. The summed E-state index contributed by atoms with van der Waals surface area (Å²) in [5, 5.41) is 12.3. The third kappa shape index (κ3) is 5.37. The molecule has 2 aromatic carbocycles. The molecule has 0 saturated carbocycles. The normalized spacial score (nSPS) is 14.2. The number of ether oxygens (including phenoxy) is 1. The summed E-state index contributed by atoms with van der Waals surface area (Å²) in [6.45, 7) is 1.13. The molecule has 4 heterocycles. The molecule has 0 unspecified atom stereocenters. The number of carbonyl (C=O) groups is 2. The maximum absolute atomic E-state index is 13.0. The van der Waals surface area contributed by atoms with Crippen LogP contribution in [0.3, 0.4) is 0 Å². The lowest BCUT2D eigenvalue weighted by atomic mass is 10.0. The Labute approximate surface area is 229 Å². The topological polar surface area (TPSA) is 116 Å². The first-order valence-electron chi connectivity index (χ1n) is 13.0. The van der Waals surface area contributed by atoms with Crippen molar-refractivity contribution in [3.8, 4) is 17.1 Å². The van der Waals surface area contributed by atoms with E-state index in [9.17, 15) is 9.59 Å². The predicted octanol–water partition coefficient (Wildman–Crippen LogP) is 5.42. The van der Waals surface area contributed by atoms with Gasteiger partial charge in [-0.25, -0.2) is 0 Å². The number of benzene rings is 2. The average Bonchev–Trinajstić information content (AvgIpc) is 3.76. The first-order chi connectivity index (χ1) is 19.6. The summed E-state index contributed by atoms with van der Waals surface area (Å²) < 4.78 is 18.2. The van der Waals surface area contributed by atoms with E-state index in [-0.39, 0.29) is 23.6 Å². The molecule has 2 amide bonds. The molecule has 10 heteroatoms. The molecule has 3 aromatic heterocycles. The molecule has 0 bridgehead atoms. The number of amides is 2. The average molecular weight is 538 g/mol. The van der Waals surface area contributed by atoms with E-state index in [2.05, 4.69) is 15.6 Å². The van der Waals surface area contributed by atoms with E-state index in [1.807, 2.05) is 65.5 Å². The second-order valence-electron chi connectivity index (χ2n) is 9.55. The number of hydrogen-bond donors (Lipinski definition) is 1. The van der Waals surface area contributed by atoms with Crippen molar-refractivity contribution >= 4 is 34.5 Å². The summed E-state index contributed by atoms with van der Waals surface area (Å²) >= 11 is 0. The van der Waals surface area contributed by atoms with Gasteiger partial charge in [0, 0.05) is 42.4 Å².